The van der Waals surface area contributed by atoms with Gasteiger partial charge in [0.25, 0.3) is 0 Å². The average Bonchev–Trinajstić information content (AvgIpc) is 2.67. The predicted molar refractivity (Wildman–Crippen MR) is 143 cm³/mol. The fourth-order valence-electron chi connectivity index (χ4n) is 3.72. The van der Waals surface area contributed by atoms with Crippen LogP contribution in [0.3, 0.4) is 0 Å². The molecule has 0 saturated heterocycles. The quantitative estimate of drug-likeness (QED) is 0.341. The smallest absolute Gasteiger partial charge is 0.417 e. The van der Waals surface area contributed by atoms with E-state index in [1.807, 2.05) is 0 Å². The van der Waals surface area contributed by atoms with Crippen LogP contribution in [0.2, 0.25) is 0 Å². The van der Waals surface area contributed by atoms with Crippen LogP contribution in [-0.4, -0.2) is 7.11 Å². The summed E-state index contributed by atoms with van der Waals surface area (Å²) in [4.78, 5) is 0. The Bertz CT molecular complexity index is 831. The molecule has 2 aromatic rings. The van der Waals surface area contributed by atoms with Crippen molar-refractivity contribution in [2.45, 2.75) is 92.9 Å². The molecule has 0 atom stereocenters. The Morgan fingerprint density at radius 1 is 0.667 bits per heavy atom. The highest BCUT2D eigenvalue weighted by atomic mass is 31.2. The van der Waals surface area contributed by atoms with Crippen LogP contribution in [0.25, 0.3) is 0 Å². The molecule has 0 bridgehead atoms. The fourth-order valence-corrected chi connectivity index (χ4v) is 4.59. The van der Waals surface area contributed by atoms with E-state index in [1.54, 1.807) is 7.11 Å². The van der Waals surface area contributed by atoms with Gasteiger partial charge < -0.3 is 9.05 Å². The highest BCUT2D eigenvalue weighted by Crippen LogP contribution is 2.44. The Labute approximate surface area is 204 Å². The van der Waals surface area contributed by atoms with E-state index in [9.17, 15) is 0 Å². The summed E-state index contributed by atoms with van der Waals surface area (Å²) in [6, 6.07) is 13.0. The number of hydrogen-bond acceptors (Lipinski definition) is 3. The van der Waals surface area contributed by atoms with Gasteiger partial charge in [0, 0.05) is 7.11 Å². The third-order valence-electron chi connectivity index (χ3n) is 5.60. The van der Waals surface area contributed by atoms with Crippen LogP contribution in [0, 0.1) is 11.8 Å². The van der Waals surface area contributed by atoms with E-state index >= 15 is 0 Å². The van der Waals surface area contributed by atoms with Crippen molar-refractivity contribution in [1.29, 1.82) is 0 Å². The fraction of sp³-hybridized carbons (Fsp3) is 0.586. The van der Waals surface area contributed by atoms with Gasteiger partial charge in [-0.3, -0.25) is 4.52 Å². The number of rotatable bonds is 9. The Morgan fingerprint density at radius 3 is 1.30 bits per heavy atom. The molecule has 3 nitrogen and oxygen atoms in total. The van der Waals surface area contributed by atoms with Crippen molar-refractivity contribution in [2.75, 3.05) is 7.11 Å². The molecule has 0 fully saturated rings. The van der Waals surface area contributed by atoms with Gasteiger partial charge in [0.15, 0.2) is 0 Å². The van der Waals surface area contributed by atoms with Crippen LogP contribution in [0.15, 0.2) is 36.4 Å². The molecule has 0 saturated carbocycles. The minimum atomic E-state index is -1.57. The Hall–Kier alpha value is -1.57. The molecule has 2 aromatic carbocycles. The Morgan fingerprint density at radius 2 is 1.03 bits per heavy atom. The molecule has 0 spiro atoms. The number of benzene rings is 2. The van der Waals surface area contributed by atoms with Crippen molar-refractivity contribution in [3.05, 3.63) is 58.7 Å². The van der Waals surface area contributed by atoms with Crippen molar-refractivity contribution in [3.63, 3.8) is 0 Å². The molecule has 2 rings (SSSR count). The topological polar surface area (TPSA) is 27.7 Å². The van der Waals surface area contributed by atoms with E-state index in [-0.39, 0.29) is 10.8 Å². The average molecular weight is 473 g/mol. The first-order valence-electron chi connectivity index (χ1n) is 12.2. The number of hydrogen-bond donors (Lipinski definition) is 0. The second-order valence-corrected chi connectivity index (χ2v) is 13.1. The van der Waals surface area contributed by atoms with Crippen LogP contribution in [-0.2, 0) is 28.2 Å². The third-order valence-corrected chi connectivity index (χ3v) is 6.59. The summed E-state index contributed by atoms with van der Waals surface area (Å²) in [5.41, 5.74) is 5.21. The molecule has 33 heavy (non-hydrogen) atoms. The second-order valence-electron chi connectivity index (χ2n) is 11.9. The Kier molecular flexibility index (Phi) is 9.42. The molecule has 0 aromatic heterocycles. The van der Waals surface area contributed by atoms with E-state index < -0.39 is 8.60 Å². The lowest BCUT2D eigenvalue weighted by molar-refractivity contribution is 0.320. The molecule has 0 unspecified atom stereocenters. The van der Waals surface area contributed by atoms with E-state index in [0.29, 0.717) is 11.8 Å². The van der Waals surface area contributed by atoms with Crippen molar-refractivity contribution >= 4 is 8.60 Å². The minimum absolute atomic E-state index is 0.0906. The summed E-state index contributed by atoms with van der Waals surface area (Å²) in [6.07, 6.45) is 1.90. The molecule has 184 valence electrons. The molecule has 4 heteroatoms. The van der Waals surface area contributed by atoms with Gasteiger partial charge in [-0.1, -0.05) is 93.5 Å². The van der Waals surface area contributed by atoms with Crippen molar-refractivity contribution in [1.82, 2.24) is 0 Å². The SMILES string of the molecule is COP(Oc1ccc(C(C)(C)C)cc1CC(C)C)Oc1ccc(C(C)(C)C)cc1CC(C)C. The maximum absolute atomic E-state index is 6.35. The molecular formula is C29H45O3P. The minimum Gasteiger partial charge on any atom is -0.417 e. The maximum Gasteiger partial charge on any atom is 0.462 e. The van der Waals surface area contributed by atoms with Gasteiger partial charge >= 0.3 is 8.60 Å². The van der Waals surface area contributed by atoms with Gasteiger partial charge in [-0.05, 0) is 69.9 Å². The van der Waals surface area contributed by atoms with Crippen LogP contribution in [0.5, 0.6) is 11.5 Å². The second kappa shape index (κ2) is 11.2. The molecule has 0 radical (unpaired) electrons. The molecule has 0 amide bonds. The highest BCUT2D eigenvalue weighted by Gasteiger charge is 2.23. The van der Waals surface area contributed by atoms with Crippen LogP contribution in [0.4, 0.5) is 0 Å². The first kappa shape index (κ1) is 27.7. The van der Waals surface area contributed by atoms with E-state index in [0.717, 1.165) is 24.3 Å². The van der Waals surface area contributed by atoms with Gasteiger partial charge in [0.2, 0.25) is 0 Å². The third kappa shape index (κ3) is 8.30. The summed E-state index contributed by atoms with van der Waals surface area (Å²) >= 11 is 0. The van der Waals surface area contributed by atoms with Crippen LogP contribution < -0.4 is 9.05 Å². The first-order chi connectivity index (χ1) is 15.2. The molecule has 0 heterocycles. The van der Waals surface area contributed by atoms with Gasteiger partial charge in [0.05, 0.1) is 0 Å². The monoisotopic (exact) mass is 472 g/mol. The zero-order valence-corrected chi connectivity index (χ0v) is 23.6. The van der Waals surface area contributed by atoms with E-state index in [2.05, 4.69) is 106 Å². The van der Waals surface area contributed by atoms with E-state index in [4.69, 9.17) is 13.6 Å². The standard InChI is InChI=1S/C29H45O3P/c1-20(2)16-22-18-24(28(5,6)7)12-14-26(22)31-33(30-11)32-27-15-13-25(29(8,9)10)19-23(27)17-21(3)4/h12-15,18-21H,16-17H2,1-11H3. The maximum atomic E-state index is 6.35. The summed E-state index contributed by atoms with van der Waals surface area (Å²) in [5, 5.41) is 0. The van der Waals surface area contributed by atoms with Crippen molar-refractivity contribution < 1.29 is 13.6 Å². The summed E-state index contributed by atoms with van der Waals surface area (Å²) in [5.74, 6) is 2.75. The first-order valence-corrected chi connectivity index (χ1v) is 13.3. The van der Waals surface area contributed by atoms with E-state index in [1.165, 1.54) is 22.3 Å². The molecule has 0 N–H and O–H groups in total. The van der Waals surface area contributed by atoms with Gasteiger partial charge in [-0.2, -0.15) is 0 Å². The van der Waals surface area contributed by atoms with Crippen molar-refractivity contribution in [2.24, 2.45) is 11.8 Å². The lowest BCUT2D eigenvalue weighted by Crippen LogP contribution is -2.13. The summed E-state index contributed by atoms with van der Waals surface area (Å²) in [7, 11) is 0.0869. The summed E-state index contributed by atoms with van der Waals surface area (Å²) < 4.78 is 18.4. The van der Waals surface area contributed by atoms with Crippen LogP contribution >= 0.6 is 8.60 Å². The molecular weight excluding hydrogens is 427 g/mol. The lowest BCUT2D eigenvalue weighted by Gasteiger charge is -2.25. The van der Waals surface area contributed by atoms with Gasteiger partial charge in [-0.25, -0.2) is 0 Å². The molecule has 0 aliphatic rings. The largest absolute Gasteiger partial charge is 0.462 e. The normalized spacial score (nSPS) is 12.7. The zero-order valence-electron chi connectivity index (χ0n) is 22.7. The molecule has 0 aliphatic heterocycles. The lowest BCUT2D eigenvalue weighted by atomic mass is 9.85. The van der Waals surface area contributed by atoms with Gasteiger partial charge in [0.1, 0.15) is 11.5 Å². The zero-order chi connectivity index (χ0) is 25.0. The Balaban J connectivity index is 2.35. The highest BCUT2D eigenvalue weighted by molar-refractivity contribution is 7.42. The summed E-state index contributed by atoms with van der Waals surface area (Å²) in [6.45, 7) is 22.4. The predicted octanol–water partition coefficient (Wildman–Crippen LogP) is 9.01. The van der Waals surface area contributed by atoms with Crippen molar-refractivity contribution in [3.8, 4) is 11.5 Å². The van der Waals surface area contributed by atoms with Crippen LogP contribution in [0.1, 0.15) is 91.5 Å². The molecule has 0 aliphatic carbocycles. The van der Waals surface area contributed by atoms with Gasteiger partial charge in [-0.15, -0.1) is 0 Å².